The molecule has 0 aliphatic carbocycles. The van der Waals surface area contributed by atoms with Crippen molar-refractivity contribution in [2.75, 3.05) is 66.3 Å². The summed E-state index contributed by atoms with van der Waals surface area (Å²) in [6.45, 7) is 9.62. The Balaban J connectivity index is 1.23. The van der Waals surface area contributed by atoms with Gasteiger partial charge in [-0.1, -0.05) is 24.3 Å². The van der Waals surface area contributed by atoms with Crippen LogP contribution in [-0.4, -0.2) is 69.7 Å². The Morgan fingerprint density at radius 3 is 2.30 bits per heavy atom. The molecule has 2 aliphatic heterocycles. The predicted molar refractivity (Wildman–Crippen MR) is 173 cm³/mol. The van der Waals surface area contributed by atoms with E-state index in [1.807, 2.05) is 42.5 Å². The number of nitrogens with zero attached hydrogens (tertiary/aromatic N) is 5. The van der Waals surface area contributed by atoms with Crippen molar-refractivity contribution in [1.82, 2.24) is 10.3 Å². The molecule has 3 heterocycles. The molecule has 224 valence electrons. The summed E-state index contributed by atoms with van der Waals surface area (Å²) in [7, 11) is 1.92. The largest absolute Gasteiger partial charge is 0.378 e. The van der Waals surface area contributed by atoms with Gasteiger partial charge >= 0.3 is 6.03 Å². The van der Waals surface area contributed by atoms with E-state index in [0.29, 0.717) is 6.54 Å². The summed E-state index contributed by atoms with van der Waals surface area (Å²) in [4.78, 5) is 23.0. The molecule has 2 amide bonds. The Bertz CT molecular complexity index is 1510. The number of rotatable bonds is 7. The molecule has 0 radical (unpaired) electrons. The monoisotopic (exact) mass is 580 g/mol. The van der Waals surface area contributed by atoms with Crippen LogP contribution in [0.4, 0.5) is 27.5 Å². The molecule has 9 nitrogen and oxygen atoms in total. The van der Waals surface area contributed by atoms with Crippen molar-refractivity contribution in [3.8, 4) is 0 Å². The van der Waals surface area contributed by atoms with Crippen LogP contribution in [0.3, 0.4) is 0 Å². The lowest BCUT2D eigenvalue weighted by Crippen LogP contribution is -2.50. The first kappa shape index (κ1) is 28.8. The van der Waals surface area contributed by atoms with Crippen LogP contribution >= 0.6 is 0 Å². The van der Waals surface area contributed by atoms with Gasteiger partial charge in [-0.3, -0.25) is 9.99 Å². The van der Waals surface area contributed by atoms with Crippen LogP contribution in [0.15, 0.2) is 85.2 Å². The van der Waals surface area contributed by atoms with Crippen molar-refractivity contribution in [3.63, 3.8) is 0 Å². The van der Waals surface area contributed by atoms with Crippen LogP contribution in [-0.2, 0) is 16.0 Å². The van der Waals surface area contributed by atoms with E-state index in [9.17, 15) is 4.79 Å². The number of hydrogen-bond acceptors (Lipinski definition) is 7. The van der Waals surface area contributed by atoms with Crippen molar-refractivity contribution in [1.29, 1.82) is 0 Å². The average Bonchev–Trinajstić information content (AvgIpc) is 3.04. The number of amides is 2. The summed E-state index contributed by atoms with van der Waals surface area (Å²) >= 11 is 0. The van der Waals surface area contributed by atoms with Gasteiger partial charge in [0, 0.05) is 74.3 Å². The molecule has 4 aromatic rings. The number of nitrogens with one attached hydrogen (secondary N) is 1. The molecular weight excluding hydrogens is 540 g/mol. The van der Waals surface area contributed by atoms with Gasteiger partial charge in [0.25, 0.3) is 0 Å². The smallest absolute Gasteiger partial charge is 0.341 e. The van der Waals surface area contributed by atoms with Gasteiger partial charge in [-0.25, -0.2) is 9.80 Å². The number of pyridine rings is 1. The highest BCUT2D eigenvalue weighted by molar-refractivity contribution is 6.04. The molecule has 0 saturated carbocycles. The number of hydrazine groups is 1. The first-order valence-electron chi connectivity index (χ1n) is 15.0. The van der Waals surface area contributed by atoms with E-state index in [1.165, 1.54) is 5.69 Å². The quantitative estimate of drug-likeness (QED) is 0.292. The zero-order valence-corrected chi connectivity index (χ0v) is 25.1. The molecule has 2 atom stereocenters. The number of ether oxygens (including phenoxy) is 2. The lowest BCUT2D eigenvalue weighted by molar-refractivity contribution is -0.00521. The third kappa shape index (κ3) is 6.53. The van der Waals surface area contributed by atoms with E-state index in [0.717, 1.165) is 72.8 Å². The van der Waals surface area contributed by atoms with Crippen LogP contribution in [0.1, 0.15) is 19.4 Å². The minimum Gasteiger partial charge on any atom is -0.378 e. The number of anilines is 4. The molecule has 0 spiro atoms. The highest BCUT2D eigenvalue weighted by atomic mass is 16.5. The lowest BCUT2D eigenvalue weighted by Gasteiger charge is -2.37. The van der Waals surface area contributed by atoms with Crippen LogP contribution in [0, 0.1) is 0 Å². The summed E-state index contributed by atoms with van der Waals surface area (Å²) in [5.41, 5.74) is 5.03. The molecule has 3 aromatic carbocycles. The Morgan fingerprint density at radius 1 is 0.907 bits per heavy atom. The first-order chi connectivity index (χ1) is 21.0. The maximum Gasteiger partial charge on any atom is 0.341 e. The normalized spacial score (nSPS) is 18.9. The van der Waals surface area contributed by atoms with Crippen molar-refractivity contribution >= 4 is 39.6 Å². The van der Waals surface area contributed by atoms with E-state index < -0.39 is 0 Å². The number of urea groups is 1. The second kappa shape index (κ2) is 12.9. The third-order valence-electron chi connectivity index (χ3n) is 8.14. The number of aromatic nitrogens is 1. The zero-order valence-electron chi connectivity index (χ0n) is 25.1. The van der Waals surface area contributed by atoms with E-state index in [4.69, 9.17) is 9.47 Å². The van der Waals surface area contributed by atoms with Gasteiger partial charge in [0.15, 0.2) is 0 Å². The van der Waals surface area contributed by atoms with Crippen molar-refractivity contribution < 1.29 is 14.3 Å². The maximum absolute atomic E-state index is 14.0. The van der Waals surface area contributed by atoms with Crippen LogP contribution in [0.5, 0.6) is 0 Å². The number of fused-ring (bicyclic) bond motifs is 1. The second-order valence-electron chi connectivity index (χ2n) is 11.3. The molecule has 1 N–H and O–H groups in total. The Morgan fingerprint density at radius 2 is 1.58 bits per heavy atom. The van der Waals surface area contributed by atoms with E-state index in [1.54, 1.807) is 11.2 Å². The summed E-state index contributed by atoms with van der Waals surface area (Å²) in [5, 5.41) is 8.68. The predicted octanol–water partition coefficient (Wildman–Crippen LogP) is 5.45. The zero-order chi connectivity index (χ0) is 29.8. The molecule has 2 fully saturated rings. The Hall–Kier alpha value is -4.34. The molecule has 2 aliphatic rings. The molecule has 43 heavy (non-hydrogen) atoms. The molecule has 0 bridgehead atoms. The van der Waals surface area contributed by atoms with Crippen molar-refractivity contribution in [2.24, 2.45) is 0 Å². The first-order valence-corrected chi connectivity index (χ1v) is 15.0. The fraction of sp³-hybridized carbons (Fsp3) is 0.353. The number of hydrogen-bond donors (Lipinski definition) is 1. The van der Waals surface area contributed by atoms with Gasteiger partial charge in [0.2, 0.25) is 0 Å². The molecule has 9 heteroatoms. The van der Waals surface area contributed by atoms with Gasteiger partial charge < -0.3 is 24.6 Å². The van der Waals surface area contributed by atoms with Crippen LogP contribution < -0.4 is 25.1 Å². The van der Waals surface area contributed by atoms with Crippen LogP contribution in [0.2, 0.25) is 0 Å². The van der Waals surface area contributed by atoms with Gasteiger partial charge in [0.05, 0.1) is 36.8 Å². The Labute approximate surface area is 253 Å². The molecular formula is C34H40N6O3. The van der Waals surface area contributed by atoms with E-state index >= 15 is 0 Å². The van der Waals surface area contributed by atoms with Gasteiger partial charge in [-0.15, -0.1) is 0 Å². The lowest BCUT2D eigenvalue weighted by atomic mass is 10.1. The van der Waals surface area contributed by atoms with Crippen molar-refractivity contribution in [3.05, 3.63) is 90.8 Å². The fourth-order valence-electron chi connectivity index (χ4n) is 5.98. The topological polar surface area (TPSA) is 73.4 Å². The van der Waals surface area contributed by atoms with Gasteiger partial charge in [0.1, 0.15) is 0 Å². The Kier molecular flexibility index (Phi) is 8.62. The molecule has 6 rings (SSSR count). The van der Waals surface area contributed by atoms with E-state index in [-0.39, 0.29) is 18.2 Å². The fourth-order valence-corrected chi connectivity index (χ4v) is 5.98. The second-order valence-corrected chi connectivity index (χ2v) is 11.3. The summed E-state index contributed by atoms with van der Waals surface area (Å²) < 4.78 is 11.4. The summed E-state index contributed by atoms with van der Waals surface area (Å²) in [5.74, 6) is 0. The minimum absolute atomic E-state index is 0.182. The number of carbonyl (C=O) groups excluding carboxylic acids is 1. The average molecular weight is 581 g/mol. The highest BCUT2D eigenvalue weighted by Gasteiger charge is 2.25. The maximum atomic E-state index is 14.0. The summed E-state index contributed by atoms with van der Waals surface area (Å²) in [6, 6.07) is 24.4. The number of benzene rings is 3. The number of carbonyl (C=O) groups is 1. The minimum atomic E-state index is -0.219. The SMILES string of the molecule is CC1CN(c2ccc(N(C)N(C(=O)NCc3ccc(N4CCOCC4)cc3)c3cccc4cnccc34)cc2)CC(C)O1. The van der Waals surface area contributed by atoms with Crippen molar-refractivity contribution in [2.45, 2.75) is 32.6 Å². The summed E-state index contributed by atoms with van der Waals surface area (Å²) in [6.07, 6.45) is 3.95. The highest BCUT2D eigenvalue weighted by Crippen LogP contribution is 2.31. The molecule has 2 unspecified atom stereocenters. The third-order valence-corrected chi connectivity index (χ3v) is 8.14. The standard InChI is InChI=1S/C34H40N6O3/c1-25-23-39(24-26(2)43-25)31-13-11-29(12-14-31)37(3)40(33-6-4-5-28-22-35-16-15-32(28)33)34(41)36-21-27-7-9-30(10-8-27)38-17-19-42-20-18-38/h4-16,22,25-26H,17-21,23-24H2,1-3H3,(H,36,41). The van der Waals surface area contributed by atoms with Gasteiger partial charge in [-0.05, 0) is 67.9 Å². The molecule has 1 aromatic heterocycles. The van der Waals surface area contributed by atoms with Crippen LogP contribution in [0.25, 0.3) is 10.8 Å². The van der Waals surface area contributed by atoms with Gasteiger partial charge in [-0.2, -0.15) is 0 Å². The number of morpholine rings is 2. The molecule has 2 saturated heterocycles. The van der Waals surface area contributed by atoms with E-state index in [2.05, 4.69) is 82.5 Å².